The van der Waals surface area contributed by atoms with E-state index in [4.69, 9.17) is 18.9 Å². The summed E-state index contributed by atoms with van der Waals surface area (Å²) in [6.45, 7) is 4.43. The number of ether oxygens (including phenoxy) is 4. The molecule has 0 radical (unpaired) electrons. The minimum absolute atomic E-state index is 0.230. The summed E-state index contributed by atoms with van der Waals surface area (Å²) in [6.07, 6.45) is -0.00756. The second-order valence-electron chi connectivity index (χ2n) is 5.20. The van der Waals surface area contributed by atoms with Gasteiger partial charge in [0.2, 0.25) is 0 Å². The van der Waals surface area contributed by atoms with E-state index in [1.54, 1.807) is 6.08 Å². The first-order valence-electron chi connectivity index (χ1n) is 7.16. The lowest BCUT2D eigenvalue weighted by molar-refractivity contribution is -0.334. The van der Waals surface area contributed by atoms with E-state index in [1.807, 2.05) is 30.3 Å². The fourth-order valence-electron chi connectivity index (χ4n) is 2.72. The SMILES string of the molecule is C=CCO[C@@H]1C[C@@H](O)O[C@@H]2COC(c3ccccc3)O[C@@H]12. The minimum Gasteiger partial charge on any atom is -0.371 e. The van der Waals surface area contributed by atoms with E-state index in [9.17, 15) is 5.11 Å². The van der Waals surface area contributed by atoms with E-state index in [2.05, 4.69) is 6.58 Å². The van der Waals surface area contributed by atoms with Crippen LogP contribution in [0.1, 0.15) is 18.3 Å². The summed E-state index contributed by atoms with van der Waals surface area (Å²) in [6, 6.07) is 9.76. The summed E-state index contributed by atoms with van der Waals surface area (Å²) in [5.41, 5.74) is 0.963. The quantitative estimate of drug-likeness (QED) is 0.857. The van der Waals surface area contributed by atoms with Crippen molar-refractivity contribution in [3.63, 3.8) is 0 Å². The second-order valence-corrected chi connectivity index (χ2v) is 5.20. The Labute approximate surface area is 124 Å². The van der Waals surface area contributed by atoms with Crippen molar-refractivity contribution in [3.05, 3.63) is 48.6 Å². The molecule has 1 unspecified atom stereocenters. The van der Waals surface area contributed by atoms with E-state index >= 15 is 0 Å². The third-order valence-corrected chi connectivity index (χ3v) is 3.69. The third kappa shape index (κ3) is 3.33. The largest absolute Gasteiger partial charge is 0.371 e. The molecule has 114 valence electrons. The van der Waals surface area contributed by atoms with Gasteiger partial charge in [0.05, 0.1) is 19.3 Å². The highest BCUT2D eigenvalue weighted by Crippen LogP contribution is 2.34. The number of benzene rings is 1. The van der Waals surface area contributed by atoms with Crippen molar-refractivity contribution in [2.75, 3.05) is 13.2 Å². The fourth-order valence-corrected chi connectivity index (χ4v) is 2.72. The van der Waals surface area contributed by atoms with Crippen LogP contribution in [0, 0.1) is 0 Å². The van der Waals surface area contributed by atoms with E-state index in [-0.39, 0.29) is 18.3 Å². The van der Waals surface area contributed by atoms with Crippen molar-refractivity contribution in [2.24, 2.45) is 0 Å². The molecule has 0 saturated carbocycles. The maximum Gasteiger partial charge on any atom is 0.184 e. The van der Waals surface area contributed by atoms with Gasteiger partial charge in [-0.1, -0.05) is 36.4 Å². The number of fused-ring (bicyclic) bond motifs is 1. The maximum absolute atomic E-state index is 9.76. The average molecular weight is 292 g/mol. The van der Waals surface area contributed by atoms with E-state index in [1.165, 1.54) is 0 Å². The predicted octanol–water partition coefficient (Wildman–Crippen LogP) is 1.78. The molecule has 2 heterocycles. The molecule has 2 aliphatic heterocycles. The number of hydrogen-bond donors (Lipinski definition) is 1. The molecule has 5 heteroatoms. The van der Waals surface area contributed by atoms with Gasteiger partial charge in [-0.15, -0.1) is 6.58 Å². The molecule has 0 aromatic heterocycles. The van der Waals surface area contributed by atoms with Crippen LogP contribution in [-0.2, 0) is 18.9 Å². The lowest BCUT2D eigenvalue weighted by Gasteiger charge is -2.44. The van der Waals surface area contributed by atoms with Crippen LogP contribution in [0.5, 0.6) is 0 Å². The van der Waals surface area contributed by atoms with Gasteiger partial charge in [-0.2, -0.15) is 0 Å². The summed E-state index contributed by atoms with van der Waals surface area (Å²) >= 11 is 0. The van der Waals surface area contributed by atoms with Crippen molar-refractivity contribution >= 4 is 0 Å². The van der Waals surface area contributed by atoms with Crippen LogP contribution < -0.4 is 0 Å². The Balaban J connectivity index is 1.72. The standard InChI is InChI=1S/C16H20O5/c1-2-8-18-12-9-14(17)20-13-10-19-16(21-15(12)13)11-6-4-3-5-7-11/h2-7,12-17H,1,8-10H2/t12-,13-,14+,15+,16?/m1/s1. The summed E-state index contributed by atoms with van der Waals surface area (Å²) in [4.78, 5) is 0. The van der Waals surface area contributed by atoms with Crippen LogP contribution in [0.3, 0.4) is 0 Å². The maximum atomic E-state index is 9.76. The van der Waals surface area contributed by atoms with Crippen LogP contribution in [0.15, 0.2) is 43.0 Å². The number of aliphatic hydroxyl groups is 1. The smallest absolute Gasteiger partial charge is 0.184 e. The molecular weight excluding hydrogens is 272 g/mol. The highest BCUT2D eigenvalue weighted by atomic mass is 16.7. The van der Waals surface area contributed by atoms with Gasteiger partial charge in [0.25, 0.3) is 0 Å². The first-order valence-corrected chi connectivity index (χ1v) is 7.16. The van der Waals surface area contributed by atoms with Crippen molar-refractivity contribution in [2.45, 2.75) is 37.3 Å². The normalized spacial score (nSPS) is 36.0. The van der Waals surface area contributed by atoms with Crippen molar-refractivity contribution < 1.29 is 24.1 Å². The Bertz CT molecular complexity index is 463. The van der Waals surface area contributed by atoms with E-state index in [0.717, 1.165) is 5.56 Å². The zero-order valence-electron chi connectivity index (χ0n) is 11.8. The molecule has 3 rings (SSSR count). The molecule has 21 heavy (non-hydrogen) atoms. The summed E-state index contributed by atoms with van der Waals surface area (Å²) in [7, 11) is 0. The van der Waals surface area contributed by atoms with Crippen molar-refractivity contribution in [1.82, 2.24) is 0 Å². The third-order valence-electron chi connectivity index (χ3n) is 3.69. The summed E-state index contributed by atoms with van der Waals surface area (Å²) in [5, 5.41) is 9.76. The first kappa shape index (κ1) is 14.7. The van der Waals surface area contributed by atoms with Gasteiger partial charge in [0, 0.05) is 12.0 Å². The number of hydrogen-bond acceptors (Lipinski definition) is 5. The molecule has 2 aliphatic rings. The lowest BCUT2D eigenvalue weighted by atomic mass is 10.00. The average Bonchev–Trinajstić information content (AvgIpc) is 2.53. The Morgan fingerprint density at radius 3 is 2.86 bits per heavy atom. The lowest BCUT2D eigenvalue weighted by Crippen LogP contribution is -2.55. The van der Waals surface area contributed by atoms with Crippen LogP contribution in [-0.4, -0.2) is 42.9 Å². The first-order chi connectivity index (χ1) is 10.3. The number of aliphatic hydroxyl groups excluding tert-OH is 1. The van der Waals surface area contributed by atoms with E-state index < -0.39 is 12.6 Å². The van der Waals surface area contributed by atoms with Crippen molar-refractivity contribution in [3.8, 4) is 0 Å². The molecule has 0 amide bonds. The molecular formula is C16H20O5. The van der Waals surface area contributed by atoms with E-state index in [0.29, 0.717) is 19.6 Å². The highest BCUT2D eigenvalue weighted by molar-refractivity contribution is 5.16. The van der Waals surface area contributed by atoms with Gasteiger partial charge >= 0.3 is 0 Å². The molecule has 0 aliphatic carbocycles. The summed E-state index contributed by atoms with van der Waals surface area (Å²) < 4.78 is 22.9. The zero-order chi connectivity index (χ0) is 14.7. The number of rotatable bonds is 4. The van der Waals surface area contributed by atoms with Crippen molar-refractivity contribution in [1.29, 1.82) is 0 Å². The van der Waals surface area contributed by atoms with Crippen LogP contribution >= 0.6 is 0 Å². The molecule has 1 N–H and O–H groups in total. The predicted molar refractivity (Wildman–Crippen MR) is 75.4 cm³/mol. The molecule has 0 bridgehead atoms. The second kappa shape index (κ2) is 6.68. The highest BCUT2D eigenvalue weighted by Gasteiger charge is 2.44. The zero-order valence-corrected chi connectivity index (χ0v) is 11.8. The Kier molecular flexibility index (Phi) is 4.67. The van der Waals surface area contributed by atoms with Gasteiger partial charge in [-0.25, -0.2) is 0 Å². The van der Waals surface area contributed by atoms with Gasteiger partial charge in [-0.05, 0) is 0 Å². The van der Waals surface area contributed by atoms with Crippen LogP contribution in [0.4, 0.5) is 0 Å². The molecule has 2 saturated heterocycles. The van der Waals surface area contributed by atoms with Crippen LogP contribution in [0.25, 0.3) is 0 Å². The van der Waals surface area contributed by atoms with Crippen LogP contribution in [0.2, 0.25) is 0 Å². The minimum atomic E-state index is -0.846. The molecule has 5 nitrogen and oxygen atoms in total. The molecule has 1 aromatic carbocycles. The topological polar surface area (TPSA) is 57.2 Å². The Morgan fingerprint density at radius 2 is 2.10 bits per heavy atom. The van der Waals surface area contributed by atoms with Gasteiger partial charge in [-0.3, -0.25) is 0 Å². The molecule has 5 atom stereocenters. The van der Waals surface area contributed by atoms with Gasteiger partial charge < -0.3 is 24.1 Å². The summed E-state index contributed by atoms with van der Waals surface area (Å²) in [5.74, 6) is 0. The Hall–Kier alpha value is -1.24. The molecule has 1 aromatic rings. The Morgan fingerprint density at radius 1 is 1.29 bits per heavy atom. The van der Waals surface area contributed by atoms with Gasteiger partial charge in [0.15, 0.2) is 12.6 Å². The monoisotopic (exact) mass is 292 g/mol. The fraction of sp³-hybridized carbons (Fsp3) is 0.500. The molecule has 0 spiro atoms. The van der Waals surface area contributed by atoms with Gasteiger partial charge in [0.1, 0.15) is 12.2 Å². The molecule has 2 fully saturated rings.